The molecule has 0 radical (unpaired) electrons. The van der Waals surface area contributed by atoms with Gasteiger partial charge >= 0.3 is 6.18 Å². The normalized spacial score (nSPS) is 20.1. The molecule has 10 heteroatoms. The molecule has 1 aromatic carbocycles. The van der Waals surface area contributed by atoms with Gasteiger partial charge in [0.25, 0.3) is 5.69 Å². The van der Waals surface area contributed by atoms with Crippen LogP contribution in [0.3, 0.4) is 0 Å². The standard InChI is InChI=1S/C14H17F3N2O4S/c1-9-6-12(19(20)21)13(7-10(9)2)24(22,23)18-5-3-4-11(8-18)14(15,16)17/h6-7,11H,3-5,8H2,1-2H3. The van der Waals surface area contributed by atoms with E-state index in [1.165, 1.54) is 0 Å². The van der Waals surface area contributed by atoms with E-state index in [0.29, 0.717) is 15.4 Å². The molecule has 6 nitrogen and oxygen atoms in total. The monoisotopic (exact) mass is 366 g/mol. The maximum absolute atomic E-state index is 12.9. The van der Waals surface area contributed by atoms with Crippen LogP contribution in [-0.4, -0.2) is 36.9 Å². The third-order valence-corrected chi connectivity index (χ3v) is 6.13. The fourth-order valence-electron chi connectivity index (χ4n) is 2.69. The molecule has 1 aliphatic heterocycles. The van der Waals surface area contributed by atoms with Crippen molar-refractivity contribution in [1.29, 1.82) is 0 Å². The molecule has 0 aromatic heterocycles. The van der Waals surface area contributed by atoms with Gasteiger partial charge in [-0.15, -0.1) is 0 Å². The van der Waals surface area contributed by atoms with Crippen LogP contribution < -0.4 is 0 Å². The Morgan fingerprint density at radius 2 is 1.83 bits per heavy atom. The summed E-state index contributed by atoms with van der Waals surface area (Å²) in [6.45, 7) is 2.39. The number of nitro groups is 1. The Morgan fingerprint density at radius 3 is 2.38 bits per heavy atom. The number of benzene rings is 1. The van der Waals surface area contributed by atoms with Gasteiger partial charge < -0.3 is 0 Å². The van der Waals surface area contributed by atoms with Gasteiger partial charge in [-0.25, -0.2) is 8.42 Å². The van der Waals surface area contributed by atoms with Crippen molar-refractivity contribution >= 4 is 15.7 Å². The highest BCUT2D eigenvalue weighted by Gasteiger charge is 2.45. The number of piperidine rings is 1. The number of hydrogen-bond acceptors (Lipinski definition) is 4. The minimum absolute atomic E-state index is 0.0576. The summed E-state index contributed by atoms with van der Waals surface area (Å²) in [5.41, 5.74) is 0.434. The Bertz CT molecular complexity index is 762. The molecule has 24 heavy (non-hydrogen) atoms. The van der Waals surface area contributed by atoms with Gasteiger partial charge in [-0.3, -0.25) is 10.1 Å². The van der Waals surface area contributed by atoms with Crippen LogP contribution in [0.4, 0.5) is 18.9 Å². The highest BCUT2D eigenvalue weighted by Crippen LogP contribution is 2.37. The average Bonchev–Trinajstić information content (AvgIpc) is 2.48. The summed E-state index contributed by atoms with van der Waals surface area (Å²) < 4.78 is 64.8. The lowest BCUT2D eigenvalue weighted by Crippen LogP contribution is -2.44. The molecule has 0 aliphatic carbocycles. The molecule has 1 aliphatic rings. The first kappa shape index (κ1) is 18.7. The van der Waals surface area contributed by atoms with Crippen LogP contribution in [0.5, 0.6) is 0 Å². The number of halogens is 3. The molecule has 0 N–H and O–H groups in total. The SMILES string of the molecule is Cc1cc([N+](=O)[O-])c(S(=O)(=O)N2CCCC(C(F)(F)F)C2)cc1C. The molecule has 0 saturated carbocycles. The first-order valence-electron chi connectivity index (χ1n) is 7.27. The van der Waals surface area contributed by atoms with Gasteiger partial charge in [-0.1, -0.05) is 0 Å². The van der Waals surface area contributed by atoms with Crippen LogP contribution in [0.2, 0.25) is 0 Å². The molecule has 0 spiro atoms. The number of aryl methyl sites for hydroxylation is 2. The summed E-state index contributed by atoms with van der Waals surface area (Å²) in [4.78, 5) is 9.80. The molecule has 0 amide bonds. The van der Waals surface area contributed by atoms with E-state index in [1.807, 2.05) is 0 Å². The second kappa shape index (κ2) is 6.32. The molecule has 1 saturated heterocycles. The van der Waals surface area contributed by atoms with Crippen LogP contribution in [-0.2, 0) is 10.0 Å². The minimum Gasteiger partial charge on any atom is -0.258 e. The van der Waals surface area contributed by atoms with Crippen molar-refractivity contribution in [2.45, 2.75) is 37.8 Å². The second-order valence-electron chi connectivity index (χ2n) is 5.91. The fraction of sp³-hybridized carbons (Fsp3) is 0.571. The van der Waals surface area contributed by atoms with Gasteiger partial charge in [-0.05, 0) is 43.9 Å². The van der Waals surface area contributed by atoms with Gasteiger partial charge in [-0.2, -0.15) is 17.5 Å². The summed E-state index contributed by atoms with van der Waals surface area (Å²) in [6, 6.07) is 2.29. The Morgan fingerprint density at radius 1 is 1.25 bits per heavy atom. The lowest BCUT2D eigenvalue weighted by molar-refractivity contribution is -0.387. The highest BCUT2D eigenvalue weighted by atomic mass is 32.2. The van der Waals surface area contributed by atoms with Crippen molar-refractivity contribution in [1.82, 2.24) is 4.31 Å². The molecule has 134 valence electrons. The van der Waals surface area contributed by atoms with E-state index >= 15 is 0 Å². The summed E-state index contributed by atoms with van der Waals surface area (Å²) in [5.74, 6) is -1.76. The third-order valence-electron chi connectivity index (χ3n) is 4.24. The lowest BCUT2D eigenvalue weighted by Gasteiger charge is -2.32. The van der Waals surface area contributed by atoms with Gasteiger partial charge in [0.15, 0.2) is 4.90 Å². The zero-order chi connectivity index (χ0) is 18.3. The van der Waals surface area contributed by atoms with E-state index in [-0.39, 0.29) is 19.4 Å². The van der Waals surface area contributed by atoms with Gasteiger partial charge in [0.05, 0.1) is 10.8 Å². The number of hydrogen-bond donors (Lipinski definition) is 0. The molecule has 0 bridgehead atoms. The number of rotatable bonds is 3. The summed E-state index contributed by atoms with van der Waals surface area (Å²) in [7, 11) is -4.38. The van der Waals surface area contributed by atoms with Crippen LogP contribution in [0.25, 0.3) is 0 Å². The number of nitro benzene ring substituents is 1. The molecular formula is C14H17F3N2O4S. The number of sulfonamides is 1. The van der Waals surface area contributed by atoms with Gasteiger partial charge in [0.1, 0.15) is 0 Å². The maximum atomic E-state index is 12.9. The molecule has 2 rings (SSSR count). The van der Waals surface area contributed by atoms with Crippen LogP contribution >= 0.6 is 0 Å². The Balaban J connectivity index is 2.47. The van der Waals surface area contributed by atoms with Crippen molar-refractivity contribution in [3.8, 4) is 0 Å². The largest absolute Gasteiger partial charge is 0.393 e. The molecule has 1 heterocycles. The molecule has 1 atom stereocenters. The molecule has 1 unspecified atom stereocenters. The second-order valence-corrected chi connectivity index (χ2v) is 7.81. The van der Waals surface area contributed by atoms with E-state index in [4.69, 9.17) is 0 Å². The van der Waals surface area contributed by atoms with E-state index in [0.717, 1.165) is 12.1 Å². The summed E-state index contributed by atoms with van der Waals surface area (Å²) >= 11 is 0. The topological polar surface area (TPSA) is 80.5 Å². The minimum atomic E-state index is -4.50. The zero-order valence-corrected chi connectivity index (χ0v) is 13.9. The van der Waals surface area contributed by atoms with E-state index in [9.17, 15) is 31.7 Å². The predicted molar refractivity (Wildman–Crippen MR) is 80.1 cm³/mol. The van der Waals surface area contributed by atoms with E-state index in [1.54, 1.807) is 13.8 Å². The van der Waals surface area contributed by atoms with Crippen LogP contribution in [0, 0.1) is 29.9 Å². The smallest absolute Gasteiger partial charge is 0.258 e. The van der Waals surface area contributed by atoms with Crippen LogP contribution in [0.1, 0.15) is 24.0 Å². The van der Waals surface area contributed by atoms with Crippen molar-refractivity contribution in [2.75, 3.05) is 13.1 Å². The lowest BCUT2D eigenvalue weighted by atomic mass is 9.99. The zero-order valence-electron chi connectivity index (χ0n) is 13.1. The first-order chi connectivity index (χ1) is 10.9. The average molecular weight is 366 g/mol. The predicted octanol–water partition coefficient (Wildman–Crippen LogP) is 3.17. The summed E-state index contributed by atoms with van der Waals surface area (Å²) in [6.07, 6.45) is -4.59. The number of nitrogens with zero attached hydrogens (tertiary/aromatic N) is 2. The quantitative estimate of drug-likeness (QED) is 0.608. The fourth-order valence-corrected chi connectivity index (χ4v) is 4.44. The van der Waals surface area contributed by atoms with E-state index in [2.05, 4.69) is 0 Å². The Hall–Kier alpha value is -1.68. The molecule has 1 fully saturated rings. The highest BCUT2D eigenvalue weighted by molar-refractivity contribution is 7.89. The van der Waals surface area contributed by atoms with Crippen LogP contribution in [0.15, 0.2) is 17.0 Å². The van der Waals surface area contributed by atoms with Crippen molar-refractivity contribution in [3.05, 3.63) is 33.4 Å². The third kappa shape index (κ3) is 3.54. The Labute approximate surface area is 137 Å². The van der Waals surface area contributed by atoms with Crippen molar-refractivity contribution in [2.24, 2.45) is 5.92 Å². The summed E-state index contributed by atoms with van der Waals surface area (Å²) in [5, 5.41) is 11.2. The van der Waals surface area contributed by atoms with Crippen molar-refractivity contribution in [3.63, 3.8) is 0 Å². The van der Waals surface area contributed by atoms with Gasteiger partial charge in [0.2, 0.25) is 10.0 Å². The van der Waals surface area contributed by atoms with Gasteiger partial charge in [0, 0.05) is 19.2 Å². The molecule has 1 aromatic rings. The Kier molecular flexibility index (Phi) is 4.91. The van der Waals surface area contributed by atoms with E-state index < -0.39 is 44.2 Å². The maximum Gasteiger partial charge on any atom is 0.393 e. The van der Waals surface area contributed by atoms with Crippen molar-refractivity contribution < 1.29 is 26.5 Å². The molecular weight excluding hydrogens is 349 g/mol. The first-order valence-corrected chi connectivity index (χ1v) is 8.71. The number of alkyl halides is 3.